The van der Waals surface area contributed by atoms with Crippen LogP contribution in [-0.2, 0) is 0 Å². The van der Waals surface area contributed by atoms with Gasteiger partial charge in [-0.1, -0.05) is 22.9 Å². The minimum Gasteiger partial charge on any atom is -0.489 e. The van der Waals surface area contributed by atoms with Crippen LogP contribution in [0.3, 0.4) is 0 Å². The maximum absolute atomic E-state index is 13.2. The minimum atomic E-state index is -0.325. The summed E-state index contributed by atoms with van der Waals surface area (Å²) in [4.78, 5) is 0. The molecule has 1 aromatic carbocycles. The van der Waals surface area contributed by atoms with Crippen LogP contribution in [-0.4, -0.2) is 19.7 Å². The van der Waals surface area contributed by atoms with E-state index in [-0.39, 0.29) is 5.82 Å². The van der Waals surface area contributed by atoms with E-state index in [1.165, 1.54) is 6.07 Å². The van der Waals surface area contributed by atoms with Crippen LogP contribution < -0.4 is 10.1 Å². The highest BCUT2D eigenvalue weighted by molar-refractivity contribution is 9.10. The molecule has 0 unspecified atom stereocenters. The fourth-order valence-electron chi connectivity index (χ4n) is 1.12. The van der Waals surface area contributed by atoms with Crippen LogP contribution in [0.1, 0.15) is 13.3 Å². The van der Waals surface area contributed by atoms with Crippen molar-refractivity contribution in [3.05, 3.63) is 28.5 Å². The van der Waals surface area contributed by atoms with Crippen LogP contribution in [0.2, 0.25) is 0 Å². The lowest BCUT2D eigenvalue weighted by atomic mass is 10.3. The van der Waals surface area contributed by atoms with E-state index >= 15 is 0 Å². The molecule has 4 heteroatoms. The molecule has 0 saturated carbocycles. The van der Waals surface area contributed by atoms with E-state index < -0.39 is 0 Å². The van der Waals surface area contributed by atoms with Crippen molar-refractivity contribution in [2.75, 3.05) is 19.7 Å². The minimum absolute atomic E-state index is 0.294. The van der Waals surface area contributed by atoms with E-state index in [0.717, 1.165) is 24.0 Å². The SMILES string of the molecule is CCCNCCOc1cc(Br)ccc1F. The van der Waals surface area contributed by atoms with E-state index in [1.807, 2.05) is 0 Å². The van der Waals surface area contributed by atoms with Crippen LogP contribution >= 0.6 is 15.9 Å². The van der Waals surface area contributed by atoms with E-state index in [9.17, 15) is 4.39 Å². The third-order valence-electron chi connectivity index (χ3n) is 1.86. The van der Waals surface area contributed by atoms with E-state index in [1.54, 1.807) is 12.1 Å². The van der Waals surface area contributed by atoms with Gasteiger partial charge in [-0.25, -0.2) is 4.39 Å². The Morgan fingerprint density at radius 1 is 1.40 bits per heavy atom. The molecule has 0 bridgehead atoms. The Hall–Kier alpha value is -0.610. The third kappa shape index (κ3) is 4.62. The van der Waals surface area contributed by atoms with Gasteiger partial charge in [-0.3, -0.25) is 0 Å². The molecule has 0 heterocycles. The first-order valence-corrected chi connectivity index (χ1v) is 5.82. The fourth-order valence-corrected chi connectivity index (χ4v) is 1.46. The quantitative estimate of drug-likeness (QED) is 0.806. The number of benzene rings is 1. The van der Waals surface area contributed by atoms with Gasteiger partial charge in [0.1, 0.15) is 6.61 Å². The van der Waals surface area contributed by atoms with Gasteiger partial charge in [-0.15, -0.1) is 0 Å². The summed E-state index contributed by atoms with van der Waals surface area (Å²) >= 11 is 3.27. The molecule has 0 radical (unpaired) electrons. The maximum Gasteiger partial charge on any atom is 0.165 e. The maximum atomic E-state index is 13.2. The Morgan fingerprint density at radius 2 is 2.20 bits per heavy atom. The summed E-state index contributed by atoms with van der Waals surface area (Å²) in [5.74, 6) is -0.0311. The summed E-state index contributed by atoms with van der Waals surface area (Å²) < 4.78 is 19.3. The average molecular weight is 276 g/mol. The van der Waals surface area contributed by atoms with Gasteiger partial charge in [-0.2, -0.15) is 0 Å². The lowest BCUT2D eigenvalue weighted by Gasteiger charge is -2.08. The number of hydrogen-bond donors (Lipinski definition) is 1. The van der Waals surface area contributed by atoms with Crippen molar-refractivity contribution >= 4 is 15.9 Å². The first-order chi connectivity index (χ1) is 7.24. The molecule has 0 fully saturated rings. The van der Waals surface area contributed by atoms with Crippen molar-refractivity contribution in [2.45, 2.75) is 13.3 Å². The van der Waals surface area contributed by atoms with Crippen molar-refractivity contribution < 1.29 is 9.13 Å². The summed E-state index contributed by atoms with van der Waals surface area (Å²) in [6, 6.07) is 4.67. The molecule has 0 spiro atoms. The Bertz CT molecular complexity index is 307. The zero-order valence-electron chi connectivity index (χ0n) is 8.72. The molecule has 0 saturated heterocycles. The molecule has 84 valence electrons. The summed E-state index contributed by atoms with van der Waals surface area (Å²) in [7, 11) is 0. The molecule has 0 aliphatic carbocycles. The summed E-state index contributed by atoms with van der Waals surface area (Å²) in [5.41, 5.74) is 0. The van der Waals surface area contributed by atoms with Crippen LogP contribution in [0.15, 0.2) is 22.7 Å². The molecule has 0 aliphatic rings. The number of hydrogen-bond acceptors (Lipinski definition) is 2. The van der Waals surface area contributed by atoms with Crippen molar-refractivity contribution in [3.8, 4) is 5.75 Å². The Morgan fingerprint density at radius 3 is 2.93 bits per heavy atom. The standard InChI is InChI=1S/C11H15BrFNO/c1-2-5-14-6-7-15-11-8-9(12)3-4-10(11)13/h3-4,8,14H,2,5-7H2,1H3. The predicted octanol–water partition coefficient (Wildman–Crippen LogP) is 2.97. The molecule has 1 rings (SSSR count). The van der Waals surface area contributed by atoms with Gasteiger partial charge in [0, 0.05) is 11.0 Å². The Kier molecular flexibility index (Phi) is 5.65. The summed E-state index contributed by atoms with van der Waals surface area (Å²) in [5, 5.41) is 3.18. The van der Waals surface area contributed by atoms with Gasteiger partial charge in [0.05, 0.1) is 0 Å². The van der Waals surface area contributed by atoms with Gasteiger partial charge in [-0.05, 0) is 31.2 Å². The highest BCUT2D eigenvalue weighted by atomic mass is 79.9. The molecule has 0 amide bonds. The largest absolute Gasteiger partial charge is 0.489 e. The summed E-state index contributed by atoms with van der Waals surface area (Å²) in [6.07, 6.45) is 1.09. The lowest BCUT2D eigenvalue weighted by molar-refractivity contribution is 0.299. The van der Waals surface area contributed by atoms with Gasteiger partial charge in [0.25, 0.3) is 0 Å². The number of nitrogens with one attached hydrogen (secondary N) is 1. The highest BCUT2D eigenvalue weighted by Gasteiger charge is 2.02. The molecule has 15 heavy (non-hydrogen) atoms. The van der Waals surface area contributed by atoms with Crippen molar-refractivity contribution in [2.24, 2.45) is 0 Å². The molecule has 0 atom stereocenters. The molecule has 1 N–H and O–H groups in total. The predicted molar refractivity (Wildman–Crippen MR) is 62.8 cm³/mol. The molecular weight excluding hydrogens is 261 g/mol. The van der Waals surface area contributed by atoms with Crippen molar-refractivity contribution in [1.82, 2.24) is 5.32 Å². The van der Waals surface area contributed by atoms with Gasteiger partial charge in [0.15, 0.2) is 11.6 Å². The highest BCUT2D eigenvalue weighted by Crippen LogP contribution is 2.21. The van der Waals surface area contributed by atoms with Crippen LogP contribution in [0, 0.1) is 5.82 Å². The Labute approximate surface area is 98.0 Å². The first-order valence-electron chi connectivity index (χ1n) is 5.02. The normalized spacial score (nSPS) is 10.3. The molecular formula is C11H15BrFNO. The van der Waals surface area contributed by atoms with Gasteiger partial charge in [0.2, 0.25) is 0 Å². The second-order valence-electron chi connectivity index (χ2n) is 3.17. The summed E-state index contributed by atoms with van der Waals surface area (Å²) in [6.45, 7) is 4.28. The molecule has 0 aliphatic heterocycles. The van der Waals surface area contributed by atoms with Crippen molar-refractivity contribution in [1.29, 1.82) is 0 Å². The number of halogens is 2. The molecule has 2 nitrogen and oxygen atoms in total. The molecule has 1 aromatic rings. The lowest BCUT2D eigenvalue weighted by Crippen LogP contribution is -2.21. The smallest absolute Gasteiger partial charge is 0.165 e. The van der Waals surface area contributed by atoms with Crippen LogP contribution in [0.5, 0.6) is 5.75 Å². The average Bonchev–Trinajstić information content (AvgIpc) is 2.23. The first kappa shape index (κ1) is 12.5. The van der Waals surface area contributed by atoms with Gasteiger partial charge >= 0.3 is 0 Å². The van der Waals surface area contributed by atoms with Crippen LogP contribution in [0.25, 0.3) is 0 Å². The number of rotatable bonds is 6. The monoisotopic (exact) mass is 275 g/mol. The van der Waals surface area contributed by atoms with Crippen LogP contribution in [0.4, 0.5) is 4.39 Å². The Balaban J connectivity index is 2.33. The zero-order chi connectivity index (χ0) is 11.1. The van der Waals surface area contributed by atoms with E-state index in [2.05, 4.69) is 28.2 Å². The topological polar surface area (TPSA) is 21.3 Å². The third-order valence-corrected chi connectivity index (χ3v) is 2.35. The second kappa shape index (κ2) is 6.80. The van der Waals surface area contributed by atoms with Gasteiger partial charge < -0.3 is 10.1 Å². The van der Waals surface area contributed by atoms with Crippen molar-refractivity contribution in [3.63, 3.8) is 0 Å². The second-order valence-corrected chi connectivity index (χ2v) is 4.09. The number of ether oxygens (including phenoxy) is 1. The van der Waals surface area contributed by atoms with E-state index in [4.69, 9.17) is 4.74 Å². The van der Waals surface area contributed by atoms with E-state index in [0.29, 0.717) is 12.4 Å². The fraction of sp³-hybridized carbons (Fsp3) is 0.455. The zero-order valence-corrected chi connectivity index (χ0v) is 10.3. The molecule has 0 aromatic heterocycles.